The van der Waals surface area contributed by atoms with Crippen LogP contribution in [0.5, 0.6) is 5.75 Å². The van der Waals surface area contributed by atoms with Crippen molar-refractivity contribution in [2.45, 2.75) is 12.3 Å². The van der Waals surface area contributed by atoms with Crippen LogP contribution in [-0.4, -0.2) is 11.6 Å². The molecule has 2 nitrogen and oxygen atoms in total. The summed E-state index contributed by atoms with van der Waals surface area (Å²) >= 11 is 6.81. The molecule has 1 aliphatic heterocycles. The maximum absolute atomic E-state index is 14.3. The van der Waals surface area contributed by atoms with Crippen LogP contribution < -0.4 is 4.74 Å². The number of hydrogen-bond donors (Lipinski definition) is 0. The molecular formula is C18H13Br2FO2. The van der Waals surface area contributed by atoms with Crippen LogP contribution >= 0.6 is 31.9 Å². The Morgan fingerprint density at radius 2 is 2.00 bits per heavy atom. The average Bonchev–Trinajstić information content (AvgIpc) is 2.55. The topological polar surface area (TPSA) is 26.3 Å². The molecular weight excluding hydrogens is 427 g/mol. The number of allylic oxidation sites excluding steroid dienone is 2. The van der Waals surface area contributed by atoms with Gasteiger partial charge in [0, 0.05) is 32.9 Å². The normalized spacial score (nSPS) is 16.7. The zero-order chi connectivity index (χ0) is 16.4. The first kappa shape index (κ1) is 16.4. The van der Waals surface area contributed by atoms with Crippen LogP contribution in [0.2, 0.25) is 0 Å². The van der Waals surface area contributed by atoms with Crippen LogP contribution in [0.1, 0.15) is 23.5 Å². The van der Waals surface area contributed by atoms with Gasteiger partial charge in [-0.25, -0.2) is 4.39 Å². The van der Waals surface area contributed by atoms with E-state index < -0.39 is 5.92 Å². The molecule has 0 saturated heterocycles. The smallest absolute Gasteiger partial charge is 0.132 e. The molecule has 0 N–H and O–H groups in total. The Balaban J connectivity index is 2.23. The molecule has 0 radical (unpaired) electrons. The van der Waals surface area contributed by atoms with E-state index >= 15 is 0 Å². The van der Waals surface area contributed by atoms with Crippen molar-refractivity contribution in [2.24, 2.45) is 0 Å². The number of rotatable bonds is 4. The molecule has 0 aromatic heterocycles. The molecule has 2 aromatic carbocycles. The summed E-state index contributed by atoms with van der Waals surface area (Å²) in [6.07, 6.45) is 1.42. The van der Waals surface area contributed by atoms with Crippen LogP contribution in [0.4, 0.5) is 4.39 Å². The van der Waals surface area contributed by atoms with Gasteiger partial charge in [0.1, 0.15) is 23.6 Å². The molecule has 1 aliphatic rings. The average molecular weight is 440 g/mol. The Morgan fingerprint density at radius 1 is 1.22 bits per heavy atom. The number of alkyl halides is 1. The van der Waals surface area contributed by atoms with Gasteiger partial charge in [-0.05, 0) is 24.3 Å². The number of aldehydes is 1. The number of fused-ring (bicyclic) bond motifs is 1. The number of hydrogen-bond acceptors (Lipinski definition) is 2. The predicted octanol–water partition coefficient (Wildman–Crippen LogP) is 5.46. The minimum atomic E-state index is -0.554. The van der Waals surface area contributed by atoms with Crippen LogP contribution in [-0.2, 0) is 4.79 Å². The molecule has 2 aromatic rings. The first-order chi connectivity index (χ1) is 11.2. The molecule has 1 atom stereocenters. The maximum atomic E-state index is 14.3. The molecule has 3 rings (SSSR count). The largest absolute Gasteiger partial charge is 0.461 e. The molecule has 0 fully saturated rings. The summed E-state index contributed by atoms with van der Waals surface area (Å²) in [7, 11) is 0. The van der Waals surface area contributed by atoms with Crippen molar-refractivity contribution >= 4 is 43.7 Å². The fourth-order valence-corrected chi connectivity index (χ4v) is 3.52. The summed E-state index contributed by atoms with van der Waals surface area (Å²) in [4.78, 5) is 11.8. The maximum Gasteiger partial charge on any atom is 0.132 e. The van der Waals surface area contributed by atoms with Gasteiger partial charge in [-0.3, -0.25) is 0 Å². The SMILES string of the molecule is O=CC1C(c2ccccc2F)=C(CCBr)Oc2ccc(Br)cc21. The van der Waals surface area contributed by atoms with E-state index in [0.29, 0.717) is 34.4 Å². The predicted molar refractivity (Wildman–Crippen MR) is 95.3 cm³/mol. The van der Waals surface area contributed by atoms with Crippen molar-refractivity contribution in [3.05, 3.63) is 69.6 Å². The lowest BCUT2D eigenvalue weighted by Gasteiger charge is -2.28. The van der Waals surface area contributed by atoms with Gasteiger partial charge < -0.3 is 9.53 Å². The Bertz CT molecular complexity index is 786. The van der Waals surface area contributed by atoms with Crippen molar-refractivity contribution in [3.63, 3.8) is 0 Å². The highest BCUT2D eigenvalue weighted by Crippen LogP contribution is 2.45. The first-order valence-corrected chi connectivity index (χ1v) is 9.03. The molecule has 0 aliphatic carbocycles. The molecule has 1 heterocycles. The highest BCUT2D eigenvalue weighted by atomic mass is 79.9. The third-order valence-corrected chi connectivity index (χ3v) is 4.66. The fraction of sp³-hybridized carbons (Fsp3) is 0.167. The van der Waals surface area contributed by atoms with Gasteiger partial charge in [-0.15, -0.1) is 0 Å². The Labute approximate surface area is 150 Å². The van der Waals surface area contributed by atoms with Gasteiger partial charge in [-0.1, -0.05) is 50.1 Å². The third-order valence-electron chi connectivity index (χ3n) is 3.77. The van der Waals surface area contributed by atoms with Crippen LogP contribution in [0.15, 0.2) is 52.7 Å². The van der Waals surface area contributed by atoms with E-state index in [2.05, 4.69) is 31.9 Å². The van der Waals surface area contributed by atoms with Crippen LogP contribution in [0, 0.1) is 5.82 Å². The van der Waals surface area contributed by atoms with Gasteiger partial charge in [-0.2, -0.15) is 0 Å². The second-order valence-corrected chi connectivity index (χ2v) is 6.86. The van der Waals surface area contributed by atoms with E-state index in [4.69, 9.17) is 4.74 Å². The summed E-state index contributed by atoms with van der Waals surface area (Å²) in [5.41, 5.74) is 1.75. The molecule has 0 amide bonds. The van der Waals surface area contributed by atoms with Gasteiger partial charge >= 0.3 is 0 Å². The summed E-state index contributed by atoms with van der Waals surface area (Å²) < 4.78 is 21.2. The van der Waals surface area contributed by atoms with Gasteiger partial charge in [0.15, 0.2) is 0 Å². The molecule has 5 heteroatoms. The Morgan fingerprint density at radius 3 is 2.70 bits per heavy atom. The lowest BCUT2D eigenvalue weighted by molar-refractivity contribution is -0.108. The second-order valence-electron chi connectivity index (χ2n) is 5.15. The number of halogens is 3. The zero-order valence-corrected chi connectivity index (χ0v) is 15.2. The highest BCUT2D eigenvalue weighted by Gasteiger charge is 2.31. The standard InChI is InChI=1S/C18H13Br2FO2/c19-8-7-17-18(12-3-1-2-4-15(12)21)14(10-22)13-9-11(20)5-6-16(13)23-17/h1-6,9-10,14H,7-8H2. The minimum absolute atomic E-state index is 0.358. The molecule has 0 spiro atoms. The minimum Gasteiger partial charge on any atom is -0.461 e. The van der Waals surface area contributed by atoms with E-state index in [9.17, 15) is 9.18 Å². The Hall–Kier alpha value is -1.46. The van der Waals surface area contributed by atoms with E-state index in [-0.39, 0.29) is 5.82 Å². The molecule has 1 unspecified atom stereocenters. The lowest BCUT2D eigenvalue weighted by Crippen LogP contribution is -2.17. The quantitative estimate of drug-likeness (QED) is 0.467. The molecule has 0 bridgehead atoms. The van der Waals surface area contributed by atoms with Crippen LogP contribution in [0.3, 0.4) is 0 Å². The number of carbonyl (C=O) groups is 1. The second kappa shape index (κ2) is 6.97. The van der Waals surface area contributed by atoms with E-state index in [1.54, 1.807) is 18.2 Å². The van der Waals surface area contributed by atoms with Gasteiger partial charge in [0.05, 0.1) is 5.92 Å². The zero-order valence-electron chi connectivity index (χ0n) is 12.1. The molecule has 23 heavy (non-hydrogen) atoms. The van der Waals surface area contributed by atoms with Gasteiger partial charge in [0.2, 0.25) is 0 Å². The van der Waals surface area contributed by atoms with E-state index in [1.807, 2.05) is 18.2 Å². The van der Waals surface area contributed by atoms with E-state index in [1.165, 1.54) is 6.07 Å². The first-order valence-electron chi connectivity index (χ1n) is 7.12. The van der Waals surface area contributed by atoms with Gasteiger partial charge in [0.25, 0.3) is 0 Å². The van der Waals surface area contributed by atoms with Crippen molar-refractivity contribution in [2.75, 3.05) is 5.33 Å². The number of ether oxygens (including phenoxy) is 1. The van der Waals surface area contributed by atoms with Crippen molar-refractivity contribution in [3.8, 4) is 5.75 Å². The number of benzene rings is 2. The van der Waals surface area contributed by atoms with Crippen LogP contribution in [0.25, 0.3) is 5.57 Å². The lowest BCUT2D eigenvalue weighted by atomic mass is 9.84. The van der Waals surface area contributed by atoms with Crippen molar-refractivity contribution < 1.29 is 13.9 Å². The monoisotopic (exact) mass is 438 g/mol. The number of carbonyl (C=O) groups excluding carboxylic acids is 1. The highest BCUT2D eigenvalue weighted by molar-refractivity contribution is 9.10. The van der Waals surface area contributed by atoms with Crippen molar-refractivity contribution in [1.82, 2.24) is 0 Å². The Kier molecular flexibility index (Phi) is 4.97. The summed E-state index contributed by atoms with van der Waals surface area (Å²) in [5, 5.41) is 0.664. The summed E-state index contributed by atoms with van der Waals surface area (Å²) in [6, 6.07) is 12.0. The molecule has 118 valence electrons. The fourth-order valence-electron chi connectivity index (χ4n) is 2.78. The summed E-state index contributed by atoms with van der Waals surface area (Å²) in [5.74, 6) is 0.353. The third kappa shape index (κ3) is 3.12. The molecule has 0 saturated carbocycles. The van der Waals surface area contributed by atoms with Crippen molar-refractivity contribution in [1.29, 1.82) is 0 Å². The summed E-state index contributed by atoms with van der Waals surface area (Å²) in [6.45, 7) is 0. The van der Waals surface area contributed by atoms with E-state index in [0.717, 1.165) is 16.3 Å².